The van der Waals surface area contributed by atoms with Crippen LogP contribution in [0, 0.1) is 5.41 Å². The number of carbonyl (C=O) groups excluding carboxylic acids is 1. The summed E-state index contributed by atoms with van der Waals surface area (Å²) in [4.78, 5) is 11.5. The maximum Gasteiger partial charge on any atom is 0.141 e. The quantitative estimate of drug-likeness (QED) is 0.664. The third-order valence-corrected chi connectivity index (χ3v) is 2.95. The van der Waals surface area contributed by atoms with Gasteiger partial charge in [-0.25, -0.2) is 0 Å². The van der Waals surface area contributed by atoms with Crippen molar-refractivity contribution in [2.24, 2.45) is 5.41 Å². The number of ketones is 1. The maximum absolute atomic E-state index is 11.5. The zero-order chi connectivity index (χ0) is 10.1. The summed E-state index contributed by atoms with van der Waals surface area (Å²) in [5.41, 5.74) is 0.685. The van der Waals surface area contributed by atoms with Gasteiger partial charge in [0.05, 0.1) is 11.5 Å². The predicted octanol–water partition coefficient (Wildman–Crippen LogP) is 2.07. The third-order valence-electron chi connectivity index (χ3n) is 2.95. The van der Waals surface area contributed by atoms with E-state index in [-0.39, 0.29) is 5.78 Å². The van der Waals surface area contributed by atoms with Crippen LogP contribution in [0.2, 0.25) is 0 Å². The third kappa shape index (κ3) is 1.99. The number of aliphatic hydroxyl groups excluding tert-OH is 1. The number of allylic oxidation sites excluding steroid dienone is 2. The van der Waals surface area contributed by atoms with Crippen LogP contribution in [-0.2, 0) is 4.79 Å². The van der Waals surface area contributed by atoms with Gasteiger partial charge in [0.15, 0.2) is 0 Å². The number of hydrogen-bond donors (Lipinski definition) is 1. The summed E-state index contributed by atoms with van der Waals surface area (Å²) in [7, 11) is 0. The van der Waals surface area contributed by atoms with Crippen LogP contribution in [0.25, 0.3) is 0 Å². The molecule has 0 aromatic carbocycles. The van der Waals surface area contributed by atoms with Gasteiger partial charge in [0, 0.05) is 6.42 Å². The molecule has 0 aromatic heterocycles. The Bertz CT molecular complexity index is 238. The molecule has 1 saturated carbocycles. The maximum atomic E-state index is 11.5. The molecule has 1 fully saturated rings. The molecular formula is C11H18O2. The fourth-order valence-electron chi connectivity index (χ4n) is 1.72. The fraction of sp³-hybridized carbons (Fsp3) is 0.727. The largest absolute Gasteiger partial charge is 0.392 e. The first-order valence-electron chi connectivity index (χ1n) is 4.81. The van der Waals surface area contributed by atoms with Crippen molar-refractivity contribution >= 4 is 5.78 Å². The van der Waals surface area contributed by atoms with Gasteiger partial charge < -0.3 is 5.11 Å². The second kappa shape index (κ2) is 3.62. The molecule has 2 atom stereocenters. The number of hydrogen-bond acceptors (Lipinski definition) is 2. The number of carbonyl (C=O) groups is 1. The van der Waals surface area contributed by atoms with Crippen molar-refractivity contribution in [3.05, 3.63) is 11.6 Å². The second-order valence-corrected chi connectivity index (χ2v) is 4.38. The average molecular weight is 182 g/mol. The van der Waals surface area contributed by atoms with Crippen LogP contribution >= 0.6 is 0 Å². The number of rotatable bonds is 2. The van der Waals surface area contributed by atoms with Crippen LogP contribution in [0.15, 0.2) is 11.6 Å². The lowest BCUT2D eigenvalue weighted by Crippen LogP contribution is -2.32. The van der Waals surface area contributed by atoms with E-state index < -0.39 is 11.5 Å². The predicted molar refractivity (Wildman–Crippen MR) is 52.4 cm³/mol. The van der Waals surface area contributed by atoms with Gasteiger partial charge in [-0.1, -0.05) is 11.6 Å². The SMILES string of the molecule is CC(C)=CC[C@]1(C)C(=O)CC[C@@H]1O. The molecule has 74 valence electrons. The van der Waals surface area contributed by atoms with Gasteiger partial charge >= 0.3 is 0 Å². The highest BCUT2D eigenvalue weighted by Crippen LogP contribution is 2.38. The normalized spacial score (nSPS) is 33.5. The summed E-state index contributed by atoms with van der Waals surface area (Å²) in [6.45, 7) is 5.89. The van der Waals surface area contributed by atoms with Gasteiger partial charge in [-0.2, -0.15) is 0 Å². The Morgan fingerprint density at radius 2 is 2.31 bits per heavy atom. The van der Waals surface area contributed by atoms with Crippen molar-refractivity contribution < 1.29 is 9.90 Å². The summed E-state index contributed by atoms with van der Waals surface area (Å²) in [5, 5.41) is 9.68. The zero-order valence-corrected chi connectivity index (χ0v) is 8.63. The van der Waals surface area contributed by atoms with Crippen molar-refractivity contribution in [2.75, 3.05) is 0 Å². The number of aliphatic hydroxyl groups is 1. The van der Waals surface area contributed by atoms with E-state index in [1.807, 2.05) is 26.8 Å². The number of Topliss-reactive ketones (excluding diaryl/α,β-unsaturated/α-hetero) is 1. The van der Waals surface area contributed by atoms with Crippen molar-refractivity contribution in [1.29, 1.82) is 0 Å². The van der Waals surface area contributed by atoms with Crippen LogP contribution in [0.4, 0.5) is 0 Å². The molecule has 0 radical (unpaired) electrons. The van der Waals surface area contributed by atoms with Gasteiger partial charge in [-0.15, -0.1) is 0 Å². The molecule has 0 saturated heterocycles. The minimum absolute atomic E-state index is 0.206. The summed E-state index contributed by atoms with van der Waals surface area (Å²) in [6, 6.07) is 0. The summed E-state index contributed by atoms with van der Waals surface area (Å²) >= 11 is 0. The van der Waals surface area contributed by atoms with Crippen LogP contribution in [0.5, 0.6) is 0 Å². The highest BCUT2D eigenvalue weighted by Gasteiger charge is 2.44. The smallest absolute Gasteiger partial charge is 0.141 e. The molecule has 1 N–H and O–H groups in total. The molecule has 1 aliphatic carbocycles. The monoisotopic (exact) mass is 182 g/mol. The molecule has 0 aliphatic heterocycles. The highest BCUT2D eigenvalue weighted by molar-refractivity contribution is 5.87. The first-order valence-corrected chi connectivity index (χ1v) is 4.81. The Balaban J connectivity index is 2.74. The topological polar surface area (TPSA) is 37.3 Å². The van der Waals surface area contributed by atoms with E-state index in [1.54, 1.807) is 0 Å². The van der Waals surface area contributed by atoms with Gasteiger partial charge in [-0.3, -0.25) is 4.79 Å². The second-order valence-electron chi connectivity index (χ2n) is 4.38. The van der Waals surface area contributed by atoms with Gasteiger partial charge in [0.2, 0.25) is 0 Å². The molecule has 0 heterocycles. The van der Waals surface area contributed by atoms with Crippen LogP contribution in [0.1, 0.15) is 40.0 Å². The minimum Gasteiger partial charge on any atom is -0.392 e. The van der Waals surface area contributed by atoms with Crippen molar-refractivity contribution in [1.82, 2.24) is 0 Å². The molecule has 1 rings (SSSR count). The Morgan fingerprint density at radius 3 is 2.69 bits per heavy atom. The van der Waals surface area contributed by atoms with E-state index >= 15 is 0 Å². The van der Waals surface area contributed by atoms with Gasteiger partial charge in [0.1, 0.15) is 5.78 Å². The summed E-state index contributed by atoms with van der Waals surface area (Å²) in [6.07, 6.45) is 3.43. The van der Waals surface area contributed by atoms with Crippen LogP contribution in [-0.4, -0.2) is 17.0 Å². The highest BCUT2D eigenvalue weighted by atomic mass is 16.3. The molecule has 2 heteroatoms. The Labute approximate surface area is 79.6 Å². The van der Waals surface area contributed by atoms with E-state index in [1.165, 1.54) is 5.57 Å². The van der Waals surface area contributed by atoms with Crippen molar-refractivity contribution in [2.45, 2.75) is 46.1 Å². The van der Waals surface area contributed by atoms with Crippen LogP contribution < -0.4 is 0 Å². The molecule has 0 amide bonds. The molecular weight excluding hydrogens is 164 g/mol. The molecule has 0 unspecified atom stereocenters. The first-order chi connectivity index (χ1) is 5.97. The van der Waals surface area contributed by atoms with Gasteiger partial charge in [-0.05, 0) is 33.6 Å². The Morgan fingerprint density at radius 1 is 1.69 bits per heavy atom. The van der Waals surface area contributed by atoms with E-state index in [4.69, 9.17) is 0 Å². The lowest BCUT2D eigenvalue weighted by atomic mass is 9.81. The average Bonchev–Trinajstić information content (AvgIpc) is 2.31. The van der Waals surface area contributed by atoms with Gasteiger partial charge in [0.25, 0.3) is 0 Å². The summed E-state index contributed by atoms with van der Waals surface area (Å²) in [5.74, 6) is 0.206. The standard InChI is InChI=1S/C11H18O2/c1-8(2)6-7-11(3)9(12)4-5-10(11)13/h6,9,12H,4-5,7H2,1-3H3/t9-,11-/m0/s1. The Hall–Kier alpha value is -0.630. The molecule has 13 heavy (non-hydrogen) atoms. The van der Waals surface area contributed by atoms with E-state index in [9.17, 15) is 9.90 Å². The fourth-order valence-corrected chi connectivity index (χ4v) is 1.72. The lowest BCUT2D eigenvalue weighted by Gasteiger charge is -2.24. The Kier molecular flexibility index (Phi) is 2.91. The lowest BCUT2D eigenvalue weighted by molar-refractivity contribution is -0.127. The molecule has 2 nitrogen and oxygen atoms in total. The van der Waals surface area contributed by atoms with E-state index in [0.717, 1.165) is 0 Å². The van der Waals surface area contributed by atoms with Crippen molar-refractivity contribution in [3.63, 3.8) is 0 Å². The molecule has 0 aromatic rings. The summed E-state index contributed by atoms with van der Waals surface area (Å²) < 4.78 is 0. The zero-order valence-electron chi connectivity index (χ0n) is 8.63. The molecule has 1 aliphatic rings. The minimum atomic E-state index is -0.517. The van der Waals surface area contributed by atoms with E-state index in [2.05, 4.69) is 0 Å². The van der Waals surface area contributed by atoms with Crippen LogP contribution in [0.3, 0.4) is 0 Å². The molecule has 0 bridgehead atoms. The van der Waals surface area contributed by atoms with E-state index in [0.29, 0.717) is 19.3 Å². The molecule has 0 spiro atoms. The first kappa shape index (κ1) is 10.5. The van der Waals surface area contributed by atoms with Crippen molar-refractivity contribution in [3.8, 4) is 0 Å².